The molecule has 0 heterocycles. The van der Waals surface area contributed by atoms with Gasteiger partial charge in [-0.05, 0) is 50.9 Å². The van der Waals surface area contributed by atoms with Gasteiger partial charge >= 0.3 is 0 Å². The third-order valence-corrected chi connectivity index (χ3v) is 3.98. The predicted molar refractivity (Wildman–Crippen MR) is 74.1 cm³/mol. The second kappa shape index (κ2) is 8.49. The van der Waals surface area contributed by atoms with Crippen molar-refractivity contribution in [1.82, 2.24) is 0 Å². The monoisotopic (exact) mass is 236 g/mol. The molecule has 1 atom stereocenters. The Kier molecular flexibility index (Phi) is 7.23. The average Bonchev–Trinajstić information content (AvgIpc) is 2.35. The van der Waals surface area contributed by atoms with E-state index in [0.29, 0.717) is 5.92 Å². The number of rotatable bonds is 8. The van der Waals surface area contributed by atoms with Crippen molar-refractivity contribution >= 4 is 6.29 Å². The van der Waals surface area contributed by atoms with E-state index in [-0.39, 0.29) is 0 Å². The van der Waals surface area contributed by atoms with Gasteiger partial charge in [0.15, 0.2) is 0 Å². The minimum absolute atomic E-state index is 0.643. The van der Waals surface area contributed by atoms with Crippen molar-refractivity contribution in [3.8, 4) is 0 Å². The van der Waals surface area contributed by atoms with Gasteiger partial charge in [-0.25, -0.2) is 0 Å². The second-order valence-electron chi connectivity index (χ2n) is 5.43. The van der Waals surface area contributed by atoms with Crippen LogP contribution in [-0.2, 0) is 4.79 Å². The molecule has 1 heteroatoms. The zero-order valence-electron chi connectivity index (χ0n) is 11.6. The normalized spacial score (nSPS) is 20.7. The fourth-order valence-corrected chi connectivity index (χ4v) is 2.85. The van der Waals surface area contributed by atoms with Gasteiger partial charge < -0.3 is 4.79 Å². The molecule has 0 bridgehead atoms. The highest BCUT2D eigenvalue weighted by atomic mass is 16.1. The second-order valence-corrected chi connectivity index (χ2v) is 5.43. The maximum atomic E-state index is 10.6. The molecule has 1 rings (SSSR count). The van der Waals surface area contributed by atoms with E-state index in [0.717, 1.165) is 12.7 Å². The maximum absolute atomic E-state index is 10.6. The number of allylic oxidation sites excluding steroid dienone is 2. The quantitative estimate of drug-likeness (QED) is 0.425. The van der Waals surface area contributed by atoms with Crippen molar-refractivity contribution < 1.29 is 4.79 Å². The van der Waals surface area contributed by atoms with E-state index in [4.69, 9.17) is 0 Å². The van der Waals surface area contributed by atoms with E-state index < -0.39 is 0 Å². The molecule has 0 aromatic carbocycles. The van der Waals surface area contributed by atoms with Crippen LogP contribution in [0.4, 0.5) is 0 Å². The standard InChI is InChI=1S/C16H28O/c1-3-5-7-15-10-9-14(11-12-17)13-16(15)8-6-4-2/h12,14H,3-11,13H2,1-2H3. The summed E-state index contributed by atoms with van der Waals surface area (Å²) in [4.78, 5) is 10.6. The van der Waals surface area contributed by atoms with Crippen LogP contribution in [0.15, 0.2) is 11.1 Å². The molecular formula is C16H28O. The highest BCUT2D eigenvalue weighted by Crippen LogP contribution is 2.35. The number of hydrogen-bond donors (Lipinski definition) is 0. The number of hydrogen-bond acceptors (Lipinski definition) is 1. The predicted octanol–water partition coefficient (Wildman–Crippen LogP) is 5.05. The first kappa shape index (κ1) is 14.5. The Morgan fingerprint density at radius 3 is 2.35 bits per heavy atom. The Hall–Kier alpha value is -0.590. The molecule has 1 nitrogen and oxygen atoms in total. The summed E-state index contributed by atoms with van der Waals surface area (Å²) in [6.45, 7) is 4.53. The van der Waals surface area contributed by atoms with Crippen LogP contribution < -0.4 is 0 Å². The van der Waals surface area contributed by atoms with E-state index in [2.05, 4.69) is 13.8 Å². The van der Waals surface area contributed by atoms with Gasteiger partial charge in [-0.3, -0.25) is 0 Å². The SMILES string of the molecule is CCCCC1=C(CCCC)CC(CC=O)CC1. The first-order valence-electron chi connectivity index (χ1n) is 7.45. The van der Waals surface area contributed by atoms with Crippen LogP contribution in [0.2, 0.25) is 0 Å². The summed E-state index contributed by atoms with van der Waals surface area (Å²) >= 11 is 0. The van der Waals surface area contributed by atoms with Gasteiger partial charge in [-0.1, -0.05) is 37.8 Å². The molecule has 0 N–H and O–H groups in total. The first-order chi connectivity index (χ1) is 8.31. The van der Waals surface area contributed by atoms with Crippen molar-refractivity contribution in [2.75, 3.05) is 0 Å². The Balaban J connectivity index is 2.59. The summed E-state index contributed by atoms with van der Waals surface area (Å²) in [6, 6.07) is 0. The largest absolute Gasteiger partial charge is 0.303 e. The molecule has 0 saturated heterocycles. The summed E-state index contributed by atoms with van der Waals surface area (Å²) in [5, 5.41) is 0. The molecule has 0 saturated carbocycles. The number of carbonyl (C=O) groups is 1. The fraction of sp³-hybridized carbons (Fsp3) is 0.812. The highest BCUT2D eigenvalue weighted by molar-refractivity contribution is 5.50. The number of unbranched alkanes of at least 4 members (excludes halogenated alkanes) is 2. The molecule has 98 valence electrons. The van der Waals surface area contributed by atoms with E-state index in [9.17, 15) is 4.79 Å². The molecule has 1 aliphatic carbocycles. The van der Waals surface area contributed by atoms with Crippen LogP contribution in [0.3, 0.4) is 0 Å². The Labute approximate surface area is 107 Å². The van der Waals surface area contributed by atoms with Gasteiger partial charge in [0.1, 0.15) is 6.29 Å². The van der Waals surface area contributed by atoms with Gasteiger partial charge in [0.25, 0.3) is 0 Å². The minimum atomic E-state index is 0.643. The van der Waals surface area contributed by atoms with Crippen LogP contribution in [0.25, 0.3) is 0 Å². The lowest BCUT2D eigenvalue weighted by Crippen LogP contribution is -2.11. The van der Waals surface area contributed by atoms with E-state index >= 15 is 0 Å². The first-order valence-corrected chi connectivity index (χ1v) is 7.45. The summed E-state index contributed by atoms with van der Waals surface area (Å²) < 4.78 is 0. The third kappa shape index (κ3) is 5.06. The summed E-state index contributed by atoms with van der Waals surface area (Å²) in [5.74, 6) is 0.643. The smallest absolute Gasteiger partial charge is 0.120 e. The van der Waals surface area contributed by atoms with E-state index in [1.54, 1.807) is 11.1 Å². The van der Waals surface area contributed by atoms with Gasteiger partial charge in [0.2, 0.25) is 0 Å². The summed E-state index contributed by atoms with van der Waals surface area (Å²) in [5.41, 5.74) is 3.45. The molecule has 0 aliphatic heterocycles. The molecule has 0 aromatic heterocycles. The van der Waals surface area contributed by atoms with E-state index in [1.807, 2.05) is 0 Å². The van der Waals surface area contributed by atoms with Gasteiger partial charge in [0, 0.05) is 6.42 Å². The Morgan fingerprint density at radius 2 is 1.76 bits per heavy atom. The van der Waals surface area contributed by atoms with Gasteiger partial charge in [0.05, 0.1) is 0 Å². The van der Waals surface area contributed by atoms with Crippen LogP contribution in [0, 0.1) is 5.92 Å². The lowest BCUT2D eigenvalue weighted by atomic mass is 9.79. The van der Waals surface area contributed by atoms with Gasteiger partial charge in [-0.15, -0.1) is 0 Å². The average molecular weight is 236 g/mol. The molecule has 1 aliphatic rings. The molecule has 0 spiro atoms. The lowest BCUT2D eigenvalue weighted by Gasteiger charge is -2.26. The van der Waals surface area contributed by atoms with E-state index in [1.165, 1.54) is 57.8 Å². The van der Waals surface area contributed by atoms with Crippen molar-refractivity contribution in [1.29, 1.82) is 0 Å². The van der Waals surface area contributed by atoms with Gasteiger partial charge in [-0.2, -0.15) is 0 Å². The van der Waals surface area contributed by atoms with Crippen LogP contribution in [0.5, 0.6) is 0 Å². The van der Waals surface area contributed by atoms with Crippen molar-refractivity contribution in [2.24, 2.45) is 5.92 Å². The molecular weight excluding hydrogens is 208 g/mol. The maximum Gasteiger partial charge on any atom is 0.120 e. The highest BCUT2D eigenvalue weighted by Gasteiger charge is 2.19. The van der Waals surface area contributed by atoms with Crippen LogP contribution in [-0.4, -0.2) is 6.29 Å². The molecule has 17 heavy (non-hydrogen) atoms. The van der Waals surface area contributed by atoms with Crippen LogP contribution >= 0.6 is 0 Å². The molecule has 0 amide bonds. The van der Waals surface area contributed by atoms with Crippen molar-refractivity contribution in [2.45, 2.75) is 78.1 Å². The number of carbonyl (C=O) groups excluding carboxylic acids is 1. The van der Waals surface area contributed by atoms with Crippen molar-refractivity contribution in [3.63, 3.8) is 0 Å². The zero-order valence-corrected chi connectivity index (χ0v) is 11.6. The zero-order chi connectivity index (χ0) is 12.5. The molecule has 0 aromatic rings. The topological polar surface area (TPSA) is 17.1 Å². The fourth-order valence-electron chi connectivity index (χ4n) is 2.85. The molecule has 0 radical (unpaired) electrons. The number of aldehydes is 1. The lowest BCUT2D eigenvalue weighted by molar-refractivity contribution is -0.108. The minimum Gasteiger partial charge on any atom is -0.303 e. The molecule has 0 fully saturated rings. The summed E-state index contributed by atoms with van der Waals surface area (Å²) in [6.07, 6.45) is 13.4. The Morgan fingerprint density at radius 1 is 1.12 bits per heavy atom. The van der Waals surface area contributed by atoms with Crippen LogP contribution in [0.1, 0.15) is 78.1 Å². The third-order valence-electron chi connectivity index (χ3n) is 3.98. The van der Waals surface area contributed by atoms with Crippen molar-refractivity contribution in [3.05, 3.63) is 11.1 Å². The Bertz CT molecular complexity index is 252. The summed E-state index contributed by atoms with van der Waals surface area (Å²) in [7, 11) is 0. The molecule has 1 unspecified atom stereocenters.